The van der Waals surface area contributed by atoms with Crippen molar-refractivity contribution < 1.29 is 19.1 Å². The van der Waals surface area contributed by atoms with Crippen LogP contribution in [0.5, 0.6) is 5.75 Å². The molecule has 0 bridgehead atoms. The van der Waals surface area contributed by atoms with Crippen molar-refractivity contribution in [1.29, 1.82) is 0 Å². The summed E-state index contributed by atoms with van der Waals surface area (Å²) in [5.74, 6) is -0.126. The van der Waals surface area contributed by atoms with Crippen LogP contribution in [0.2, 0.25) is 0 Å². The molecule has 1 aromatic carbocycles. The molecule has 0 fully saturated rings. The number of hydrogen-bond acceptors (Lipinski definition) is 4. The maximum Gasteiger partial charge on any atom is 0.336 e. The van der Waals surface area contributed by atoms with E-state index in [0.29, 0.717) is 24.4 Å². The SMILES string of the molecule is CC1=C(C)[C@H](CC[C@H](C)C(=O)O)[C@@](C)(COc2ccc3ccc(=O)oc3c2)CC1. The molecule has 3 atom stereocenters. The first-order valence-corrected chi connectivity index (χ1v) is 10.3. The van der Waals surface area contributed by atoms with Crippen molar-refractivity contribution in [3.8, 4) is 5.75 Å². The molecule has 5 heteroatoms. The molecule has 0 saturated heterocycles. The molecule has 0 amide bonds. The Hall–Kier alpha value is -2.56. The summed E-state index contributed by atoms with van der Waals surface area (Å²) < 4.78 is 11.4. The predicted molar refractivity (Wildman–Crippen MR) is 113 cm³/mol. The summed E-state index contributed by atoms with van der Waals surface area (Å²) in [5.41, 5.74) is 2.83. The Morgan fingerprint density at radius 3 is 2.76 bits per heavy atom. The lowest BCUT2D eigenvalue weighted by Crippen LogP contribution is -2.38. The second kappa shape index (κ2) is 8.44. The molecule has 3 rings (SSSR count). The molecule has 2 aromatic rings. The average Bonchev–Trinajstić information content (AvgIpc) is 2.69. The summed E-state index contributed by atoms with van der Waals surface area (Å²) in [6.45, 7) is 8.89. The zero-order valence-corrected chi connectivity index (χ0v) is 17.7. The number of rotatable bonds is 7. The number of fused-ring (bicyclic) bond motifs is 1. The third-order valence-electron chi connectivity index (χ3n) is 6.58. The van der Waals surface area contributed by atoms with Gasteiger partial charge in [-0.2, -0.15) is 0 Å². The monoisotopic (exact) mass is 398 g/mol. The smallest absolute Gasteiger partial charge is 0.336 e. The van der Waals surface area contributed by atoms with E-state index in [4.69, 9.17) is 9.15 Å². The van der Waals surface area contributed by atoms with Gasteiger partial charge >= 0.3 is 11.6 Å². The molecule has 1 N–H and O–H groups in total. The highest BCUT2D eigenvalue weighted by Gasteiger charge is 2.39. The number of allylic oxidation sites excluding steroid dienone is 2. The van der Waals surface area contributed by atoms with Gasteiger partial charge in [0.15, 0.2) is 0 Å². The van der Waals surface area contributed by atoms with E-state index in [2.05, 4.69) is 20.8 Å². The molecule has 5 nitrogen and oxygen atoms in total. The van der Waals surface area contributed by atoms with Crippen LogP contribution in [0.15, 0.2) is 50.7 Å². The Bertz CT molecular complexity index is 986. The van der Waals surface area contributed by atoms with Gasteiger partial charge in [-0.3, -0.25) is 4.79 Å². The topological polar surface area (TPSA) is 76.7 Å². The van der Waals surface area contributed by atoms with Gasteiger partial charge in [0, 0.05) is 22.9 Å². The normalized spacial score (nSPS) is 23.2. The predicted octanol–water partition coefficient (Wildman–Crippen LogP) is 5.43. The highest BCUT2D eigenvalue weighted by atomic mass is 16.5. The van der Waals surface area contributed by atoms with Crippen LogP contribution < -0.4 is 10.4 Å². The molecule has 1 aliphatic rings. The van der Waals surface area contributed by atoms with Crippen molar-refractivity contribution >= 4 is 16.9 Å². The number of hydrogen-bond donors (Lipinski definition) is 1. The van der Waals surface area contributed by atoms with Crippen LogP contribution in [0, 0.1) is 17.3 Å². The van der Waals surface area contributed by atoms with Crippen molar-refractivity contribution in [3.05, 3.63) is 51.9 Å². The lowest BCUT2D eigenvalue weighted by atomic mass is 9.64. The lowest BCUT2D eigenvalue weighted by molar-refractivity contribution is -0.141. The highest BCUT2D eigenvalue weighted by molar-refractivity contribution is 5.77. The Morgan fingerprint density at radius 1 is 1.31 bits per heavy atom. The molecule has 0 unspecified atom stereocenters. The summed E-state index contributed by atoms with van der Waals surface area (Å²) >= 11 is 0. The minimum absolute atomic E-state index is 0.0751. The maximum absolute atomic E-state index is 11.5. The quantitative estimate of drug-likeness (QED) is 0.497. The van der Waals surface area contributed by atoms with Gasteiger partial charge in [-0.15, -0.1) is 0 Å². The summed E-state index contributed by atoms with van der Waals surface area (Å²) in [6.07, 6.45) is 3.53. The number of carbonyl (C=O) groups is 1. The molecule has 0 spiro atoms. The van der Waals surface area contributed by atoms with E-state index < -0.39 is 5.97 Å². The van der Waals surface area contributed by atoms with Crippen LogP contribution >= 0.6 is 0 Å². The standard InChI is InChI=1S/C24H30O5/c1-15-11-12-24(4,20(17(15)3)9-5-16(2)23(26)27)14-28-19-8-6-18-7-10-22(25)29-21(18)13-19/h6-8,10,13,16,20H,5,9,11-12,14H2,1-4H3,(H,26,27)/t16-,20-,24+/m0/s1. The van der Waals surface area contributed by atoms with Gasteiger partial charge in [-0.05, 0) is 63.6 Å². The molecule has 29 heavy (non-hydrogen) atoms. The van der Waals surface area contributed by atoms with Gasteiger partial charge in [0.2, 0.25) is 0 Å². The Labute approximate surface area is 171 Å². The summed E-state index contributed by atoms with van der Waals surface area (Å²) in [7, 11) is 0. The summed E-state index contributed by atoms with van der Waals surface area (Å²) in [6, 6.07) is 8.69. The minimum atomic E-state index is -0.741. The lowest BCUT2D eigenvalue weighted by Gasteiger charge is -2.43. The number of ether oxygens (including phenoxy) is 1. The second-order valence-electron chi connectivity index (χ2n) is 8.73. The Morgan fingerprint density at radius 2 is 2.03 bits per heavy atom. The Kier molecular flexibility index (Phi) is 6.15. The fourth-order valence-corrected chi connectivity index (χ4v) is 4.32. The van der Waals surface area contributed by atoms with Crippen LogP contribution in [0.4, 0.5) is 0 Å². The third-order valence-corrected chi connectivity index (χ3v) is 6.58. The number of carboxylic acids is 1. The van der Waals surface area contributed by atoms with Crippen LogP contribution in [0.25, 0.3) is 11.0 Å². The first-order valence-electron chi connectivity index (χ1n) is 10.3. The molecular weight excluding hydrogens is 368 g/mol. The second-order valence-corrected chi connectivity index (χ2v) is 8.73. The molecular formula is C24H30O5. The average molecular weight is 398 g/mol. The molecule has 1 aromatic heterocycles. The van der Waals surface area contributed by atoms with E-state index >= 15 is 0 Å². The minimum Gasteiger partial charge on any atom is -0.493 e. The first-order chi connectivity index (χ1) is 13.7. The van der Waals surface area contributed by atoms with Crippen molar-refractivity contribution in [2.24, 2.45) is 17.3 Å². The van der Waals surface area contributed by atoms with E-state index in [0.717, 1.165) is 24.6 Å². The van der Waals surface area contributed by atoms with Gasteiger partial charge in [0.1, 0.15) is 11.3 Å². The van der Waals surface area contributed by atoms with E-state index in [1.54, 1.807) is 19.1 Å². The Balaban J connectivity index is 1.77. The number of carboxylic acid groups (broad SMARTS) is 1. The van der Waals surface area contributed by atoms with Crippen molar-refractivity contribution in [2.45, 2.75) is 53.4 Å². The van der Waals surface area contributed by atoms with Crippen LogP contribution in [0.3, 0.4) is 0 Å². The zero-order chi connectivity index (χ0) is 21.2. The summed E-state index contributed by atoms with van der Waals surface area (Å²) in [4.78, 5) is 22.7. The molecule has 156 valence electrons. The van der Waals surface area contributed by atoms with Gasteiger partial charge in [0.25, 0.3) is 0 Å². The van der Waals surface area contributed by atoms with Gasteiger partial charge in [-0.1, -0.05) is 25.0 Å². The molecule has 1 heterocycles. The molecule has 0 radical (unpaired) electrons. The van der Waals surface area contributed by atoms with E-state index in [1.807, 2.05) is 12.1 Å². The van der Waals surface area contributed by atoms with Crippen molar-refractivity contribution in [2.75, 3.05) is 6.61 Å². The van der Waals surface area contributed by atoms with Crippen molar-refractivity contribution in [1.82, 2.24) is 0 Å². The number of aliphatic carboxylic acids is 1. The van der Waals surface area contributed by atoms with E-state index in [9.17, 15) is 14.7 Å². The number of benzene rings is 1. The fourth-order valence-electron chi connectivity index (χ4n) is 4.32. The maximum atomic E-state index is 11.5. The molecule has 1 aliphatic carbocycles. The van der Waals surface area contributed by atoms with E-state index in [1.165, 1.54) is 17.2 Å². The largest absolute Gasteiger partial charge is 0.493 e. The van der Waals surface area contributed by atoms with E-state index in [-0.39, 0.29) is 22.9 Å². The van der Waals surface area contributed by atoms with Crippen LogP contribution in [-0.4, -0.2) is 17.7 Å². The molecule has 0 aliphatic heterocycles. The van der Waals surface area contributed by atoms with Crippen LogP contribution in [0.1, 0.15) is 53.4 Å². The van der Waals surface area contributed by atoms with Gasteiger partial charge in [0.05, 0.1) is 12.5 Å². The highest BCUT2D eigenvalue weighted by Crippen LogP contribution is 2.47. The third kappa shape index (κ3) is 4.72. The van der Waals surface area contributed by atoms with Gasteiger partial charge in [-0.25, -0.2) is 4.79 Å². The zero-order valence-electron chi connectivity index (χ0n) is 17.7. The van der Waals surface area contributed by atoms with Crippen LogP contribution in [-0.2, 0) is 4.79 Å². The first kappa shape index (κ1) is 21.2. The fraction of sp³-hybridized carbons (Fsp3) is 0.500. The van der Waals surface area contributed by atoms with Crippen molar-refractivity contribution in [3.63, 3.8) is 0 Å². The molecule has 0 saturated carbocycles. The van der Waals surface area contributed by atoms with Gasteiger partial charge < -0.3 is 14.3 Å². The summed E-state index contributed by atoms with van der Waals surface area (Å²) in [5, 5.41) is 10.1.